The summed E-state index contributed by atoms with van der Waals surface area (Å²) in [5, 5.41) is 9.32. The minimum absolute atomic E-state index is 0.0274. The van der Waals surface area contributed by atoms with E-state index < -0.39 is 0 Å². The molecule has 0 aromatic heterocycles. The molecule has 1 atom stereocenters. The number of likely N-dealkylation sites (tertiary alicyclic amines) is 1. The van der Waals surface area contributed by atoms with E-state index >= 15 is 0 Å². The molecule has 0 spiro atoms. The van der Waals surface area contributed by atoms with Crippen molar-refractivity contribution in [2.24, 2.45) is 0 Å². The summed E-state index contributed by atoms with van der Waals surface area (Å²) < 4.78 is 0. The zero-order chi connectivity index (χ0) is 11.4. The average molecular weight is 217 g/mol. The van der Waals surface area contributed by atoms with Crippen LogP contribution in [0.4, 0.5) is 0 Å². The fourth-order valence-electron chi connectivity index (χ4n) is 1.78. The second-order valence-electron chi connectivity index (χ2n) is 3.97. The molecule has 1 aromatic carbocycles. The highest BCUT2D eigenvalue weighted by Crippen LogP contribution is 2.10. The number of carbonyl (C=O) groups is 1. The van der Waals surface area contributed by atoms with Gasteiger partial charge < -0.3 is 10.0 Å². The molecule has 2 rings (SSSR count). The van der Waals surface area contributed by atoms with Gasteiger partial charge >= 0.3 is 0 Å². The number of carbonyl (C=O) groups excluding carboxylic acids is 1. The molecule has 0 radical (unpaired) electrons. The number of benzene rings is 1. The Balaban J connectivity index is 1.95. The molecule has 3 heteroatoms. The number of amides is 1. The molecule has 1 fully saturated rings. The molecule has 1 aliphatic heterocycles. The average Bonchev–Trinajstić information content (AvgIpc) is 2.74. The first-order valence-electron chi connectivity index (χ1n) is 5.46. The monoisotopic (exact) mass is 217 g/mol. The van der Waals surface area contributed by atoms with Crippen LogP contribution in [0.5, 0.6) is 0 Å². The molecule has 16 heavy (non-hydrogen) atoms. The van der Waals surface area contributed by atoms with E-state index in [4.69, 9.17) is 0 Å². The second-order valence-corrected chi connectivity index (χ2v) is 3.97. The van der Waals surface area contributed by atoms with Crippen LogP contribution in [0.25, 0.3) is 6.08 Å². The van der Waals surface area contributed by atoms with Gasteiger partial charge in [0.25, 0.3) is 0 Å². The van der Waals surface area contributed by atoms with Gasteiger partial charge in [-0.2, -0.15) is 0 Å². The van der Waals surface area contributed by atoms with E-state index in [2.05, 4.69) is 0 Å². The molecule has 1 aliphatic rings. The lowest BCUT2D eigenvalue weighted by atomic mass is 10.2. The van der Waals surface area contributed by atoms with E-state index in [1.807, 2.05) is 30.3 Å². The van der Waals surface area contributed by atoms with Crippen molar-refractivity contribution in [1.29, 1.82) is 0 Å². The first-order chi connectivity index (χ1) is 7.75. The van der Waals surface area contributed by atoms with Gasteiger partial charge in [0.2, 0.25) is 5.91 Å². The molecule has 0 unspecified atom stereocenters. The summed E-state index contributed by atoms with van der Waals surface area (Å²) in [6.07, 6.45) is 3.69. The van der Waals surface area contributed by atoms with Crippen molar-refractivity contribution in [3.05, 3.63) is 42.0 Å². The van der Waals surface area contributed by atoms with Crippen LogP contribution in [0.2, 0.25) is 0 Å². The summed E-state index contributed by atoms with van der Waals surface area (Å²) in [6.45, 7) is 1.11. The van der Waals surface area contributed by atoms with E-state index in [1.165, 1.54) is 0 Å². The summed E-state index contributed by atoms with van der Waals surface area (Å²) >= 11 is 0. The molecule has 0 bridgehead atoms. The van der Waals surface area contributed by atoms with Crippen LogP contribution < -0.4 is 0 Å². The summed E-state index contributed by atoms with van der Waals surface area (Å²) in [5.74, 6) is -0.0274. The summed E-state index contributed by atoms with van der Waals surface area (Å²) in [7, 11) is 0. The molecule has 1 saturated heterocycles. The molecule has 84 valence electrons. The highest BCUT2D eigenvalue weighted by atomic mass is 16.3. The van der Waals surface area contributed by atoms with Gasteiger partial charge in [0.05, 0.1) is 6.10 Å². The van der Waals surface area contributed by atoms with E-state index in [0.717, 1.165) is 5.56 Å². The highest BCUT2D eigenvalue weighted by molar-refractivity contribution is 5.91. The topological polar surface area (TPSA) is 40.5 Å². The van der Waals surface area contributed by atoms with E-state index in [9.17, 15) is 9.90 Å². The zero-order valence-corrected chi connectivity index (χ0v) is 9.04. The number of hydrogen-bond acceptors (Lipinski definition) is 2. The maximum Gasteiger partial charge on any atom is 0.246 e. The number of rotatable bonds is 2. The first-order valence-corrected chi connectivity index (χ1v) is 5.46. The Morgan fingerprint density at radius 1 is 1.38 bits per heavy atom. The fraction of sp³-hybridized carbons (Fsp3) is 0.308. The standard InChI is InChI=1S/C13H15NO2/c15-12-8-9-14(10-12)13(16)7-6-11-4-2-1-3-5-11/h1-7,12,15H,8-10H2/t12-/m0/s1. The van der Waals surface area contributed by atoms with Crippen LogP contribution in [0.3, 0.4) is 0 Å². The third kappa shape index (κ3) is 2.70. The van der Waals surface area contributed by atoms with Crippen molar-refractivity contribution < 1.29 is 9.90 Å². The maximum atomic E-state index is 11.7. The van der Waals surface area contributed by atoms with Gasteiger partial charge in [0.15, 0.2) is 0 Å². The molecular formula is C13H15NO2. The SMILES string of the molecule is O=C(C=Cc1ccccc1)N1CC[C@H](O)C1. The maximum absolute atomic E-state index is 11.7. The molecule has 0 saturated carbocycles. The number of nitrogens with zero attached hydrogens (tertiary/aromatic N) is 1. The predicted octanol–water partition coefficient (Wildman–Crippen LogP) is 1.29. The number of hydrogen-bond donors (Lipinski definition) is 1. The lowest BCUT2D eigenvalue weighted by Crippen LogP contribution is -2.27. The van der Waals surface area contributed by atoms with Gasteiger partial charge in [-0.25, -0.2) is 0 Å². The lowest BCUT2D eigenvalue weighted by molar-refractivity contribution is -0.125. The van der Waals surface area contributed by atoms with Crippen molar-refractivity contribution in [3.8, 4) is 0 Å². The Bertz CT molecular complexity index is 386. The Morgan fingerprint density at radius 2 is 2.12 bits per heavy atom. The Labute approximate surface area is 95.0 Å². The normalized spacial score (nSPS) is 20.6. The molecule has 1 heterocycles. The summed E-state index contributed by atoms with van der Waals surface area (Å²) in [4.78, 5) is 13.4. The van der Waals surface area contributed by atoms with Crippen molar-refractivity contribution >= 4 is 12.0 Å². The van der Waals surface area contributed by atoms with Crippen LogP contribution in [0.15, 0.2) is 36.4 Å². The Kier molecular flexibility index (Phi) is 3.37. The minimum Gasteiger partial charge on any atom is -0.391 e. The van der Waals surface area contributed by atoms with Gasteiger partial charge in [-0.1, -0.05) is 30.3 Å². The van der Waals surface area contributed by atoms with Crippen molar-refractivity contribution in [1.82, 2.24) is 4.90 Å². The lowest BCUT2D eigenvalue weighted by Gasteiger charge is -2.12. The number of aliphatic hydroxyl groups excluding tert-OH is 1. The van der Waals surface area contributed by atoms with Gasteiger partial charge in [-0.15, -0.1) is 0 Å². The molecule has 3 nitrogen and oxygen atoms in total. The smallest absolute Gasteiger partial charge is 0.246 e. The molecular weight excluding hydrogens is 202 g/mol. The quantitative estimate of drug-likeness (QED) is 0.758. The predicted molar refractivity (Wildman–Crippen MR) is 62.7 cm³/mol. The van der Waals surface area contributed by atoms with Crippen molar-refractivity contribution in [2.45, 2.75) is 12.5 Å². The summed E-state index contributed by atoms with van der Waals surface area (Å²) in [5.41, 5.74) is 1.01. The largest absolute Gasteiger partial charge is 0.391 e. The summed E-state index contributed by atoms with van der Waals surface area (Å²) in [6, 6.07) is 9.70. The van der Waals surface area contributed by atoms with Gasteiger partial charge in [0, 0.05) is 19.2 Å². The van der Waals surface area contributed by atoms with Gasteiger partial charge in [0.1, 0.15) is 0 Å². The minimum atomic E-state index is -0.353. The van der Waals surface area contributed by atoms with Crippen LogP contribution in [0, 0.1) is 0 Å². The zero-order valence-electron chi connectivity index (χ0n) is 9.04. The molecule has 1 N–H and O–H groups in total. The van der Waals surface area contributed by atoms with Crippen LogP contribution >= 0.6 is 0 Å². The van der Waals surface area contributed by atoms with Crippen molar-refractivity contribution in [3.63, 3.8) is 0 Å². The number of aliphatic hydroxyl groups is 1. The van der Waals surface area contributed by atoms with E-state index in [1.54, 1.807) is 17.1 Å². The molecule has 1 amide bonds. The Hall–Kier alpha value is -1.61. The third-order valence-electron chi connectivity index (χ3n) is 2.69. The highest BCUT2D eigenvalue weighted by Gasteiger charge is 2.22. The van der Waals surface area contributed by atoms with Crippen molar-refractivity contribution in [2.75, 3.05) is 13.1 Å². The number of β-amino-alcohol motifs (C(OH)–C–C–N with tert-alkyl or cyclic N) is 1. The van der Waals surface area contributed by atoms with Crippen LogP contribution in [0.1, 0.15) is 12.0 Å². The van der Waals surface area contributed by atoms with Gasteiger partial charge in [-0.05, 0) is 18.1 Å². The Morgan fingerprint density at radius 3 is 2.75 bits per heavy atom. The molecule has 0 aliphatic carbocycles. The van der Waals surface area contributed by atoms with E-state index in [-0.39, 0.29) is 12.0 Å². The third-order valence-corrected chi connectivity index (χ3v) is 2.69. The second kappa shape index (κ2) is 4.94. The van der Waals surface area contributed by atoms with E-state index in [0.29, 0.717) is 19.5 Å². The fourth-order valence-corrected chi connectivity index (χ4v) is 1.78. The molecule has 1 aromatic rings. The van der Waals surface area contributed by atoms with Crippen LogP contribution in [-0.2, 0) is 4.79 Å². The first kappa shape index (κ1) is 10.9. The van der Waals surface area contributed by atoms with Gasteiger partial charge in [-0.3, -0.25) is 4.79 Å². The van der Waals surface area contributed by atoms with Crippen LogP contribution in [-0.4, -0.2) is 35.1 Å².